The normalized spacial score (nSPS) is 17.9. The molecule has 0 unspecified atom stereocenters. The number of rotatable bonds is 4. The molecule has 16 heavy (non-hydrogen) atoms. The number of nitrogens with zero attached hydrogens (tertiary/aromatic N) is 2. The summed E-state index contributed by atoms with van der Waals surface area (Å²) in [5, 5.41) is 8.78. The SMILES string of the molecule is CC(C)C(=O)C(=O)N1CCN(CCO)CC1. The molecule has 5 nitrogen and oxygen atoms in total. The van der Waals surface area contributed by atoms with Gasteiger partial charge in [0.05, 0.1) is 6.61 Å². The molecule has 1 fully saturated rings. The molecule has 1 heterocycles. The standard InChI is InChI=1S/C11H20N2O3/c1-9(2)10(15)11(16)13-5-3-12(4-6-13)7-8-14/h9,14H,3-8H2,1-2H3. The number of carbonyl (C=O) groups is 2. The second-order valence-electron chi connectivity index (χ2n) is 4.38. The first kappa shape index (κ1) is 13.1. The van der Waals surface area contributed by atoms with Crippen molar-refractivity contribution in [2.75, 3.05) is 39.3 Å². The highest BCUT2D eigenvalue weighted by molar-refractivity contribution is 6.36. The van der Waals surface area contributed by atoms with Crippen molar-refractivity contribution < 1.29 is 14.7 Å². The molecule has 1 aliphatic heterocycles. The number of piperazine rings is 1. The van der Waals surface area contributed by atoms with Crippen LogP contribution in [-0.4, -0.2) is 65.9 Å². The molecule has 0 bridgehead atoms. The van der Waals surface area contributed by atoms with Gasteiger partial charge in [-0.3, -0.25) is 14.5 Å². The van der Waals surface area contributed by atoms with E-state index in [1.807, 2.05) is 0 Å². The summed E-state index contributed by atoms with van der Waals surface area (Å²) >= 11 is 0. The molecule has 0 aromatic carbocycles. The molecule has 0 aliphatic carbocycles. The highest BCUT2D eigenvalue weighted by atomic mass is 16.3. The molecule has 0 aromatic heterocycles. The van der Waals surface area contributed by atoms with Crippen LogP contribution in [0.15, 0.2) is 0 Å². The van der Waals surface area contributed by atoms with Gasteiger partial charge in [-0.1, -0.05) is 13.8 Å². The Morgan fingerprint density at radius 3 is 2.19 bits per heavy atom. The number of carbonyl (C=O) groups excluding carboxylic acids is 2. The third-order valence-electron chi connectivity index (χ3n) is 2.81. The van der Waals surface area contributed by atoms with E-state index in [-0.39, 0.29) is 24.2 Å². The first-order valence-corrected chi connectivity index (χ1v) is 5.72. The molecule has 0 radical (unpaired) electrons. The van der Waals surface area contributed by atoms with Gasteiger partial charge in [-0.25, -0.2) is 0 Å². The van der Waals surface area contributed by atoms with Crippen LogP contribution in [0.5, 0.6) is 0 Å². The number of hydrogen-bond acceptors (Lipinski definition) is 4. The summed E-state index contributed by atoms with van der Waals surface area (Å²) in [4.78, 5) is 26.9. The van der Waals surface area contributed by atoms with Gasteiger partial charge in [0, 0.05) is 38.6 Å². The van der Waals surface area contributed by atoms with Gasteiger partial charge >= 0.3 is 0 Å². The van der Waals surface area contributed by atoms with Gasteiger partial charge < -0.3 is 10.0 Å². The summed E-state index contributed by atoms with van der Waals surface area (Å²) in [6.45, 7) is 6.88. The van der Waals surface area contributed by atoms with E-state index in [0.717, 1.165) is 13.1 Å². The van der Waals surface area contributed by atoms with E-state index in [0.29, 0.717) is 19.6 Å². The second kappa shape index (κ2) is 5.96. The highest BCUT2D eigenvalue weighted by Gasteiger charge is 2.26. The molecule has 0 spiro atoms. The summed E-state index contributed by atoms with van der Waals surface area (Å²) in [5.74, 6) is -0.905. The van der Waals surface area contributed by atoms with Crippen LogP contribution in [0.3, 0.4) is 0 Å². The van der Waals surface area contributed by atoms with Crippen molar-refractivity contribution in [3.63, 3.8) is 0 Å². The fraction of sp³-hybridized carbons (Fsp3) is 0.818. The maximum absolute atomic E-state index is 11.7. The smallest absolute Gasteiger partial charge is 0.290 e. The Labute approximate surface area is 96.0 Å². The third kappa shape index (κ3) is 3.28. The van der Waals surface area contributed by atoms with E-state index in [2.05, 4.69) is 4.90 Å². The predicted octanol–water partition coefficient (Wildman–Crippen LogP) is -0.652. The van der Waals surface area contributed by atoms with Crippen LogP contribution in [-0.2, 0) is 9.59 Å². The van der Waals surface area contributed by atoms with Gasteiger partial charge in [0.25, 0.3) is 5.91 Å². The molecule has 5 heteroatoms. The van der Waals surface area contributed by atoms with E-state index >= 15 is 0 Å². The number of hydrogen-bond donors (Lipinski definition) is 1. The number of Topliss-reactive ketones (excluding diaryl/α,β-unsaturated/α-hetero) is 1. The Hall–Kier alpha value is -0.940. The topological polar surface area (TPSA) is 60.9 Å². The minimum absolute atomic E-state index is 0.138. The number of ketones is 1. The number of aliphatic hydroxyl groups excluding tert-OH is 1. The lowest BCUT2D eigenvalue weighted by atomic mass is 10.1. The molecular formula is C11H20N2O3. The van der Waals surface area contributed by atoms with Crippen LogP contribution in [0.4, 0.5) is 0 Å². The van der Waals surface area contributed by atoms with Crippen molar-refractivity contribution in [3.8, 4) is 0 Å². The maximum atomic E-state index is 11.7. The Bertz CT molecular complexity index is 258. The van der Waals surface area contributed by atoms with Crippen LogP contribution in [0.25, 0.3) is 0 Å². The van der Waals surface area contributed by atoms with Gasteiger partial charge in [-0.15, -0.1) is 0 Å². The molecule has 1 amide bonds. The Balaban J connectivity index is 2.41. The zero-order chi connectivity index (χ0) is 12.1. The molecule has 0 saturated carbocycles. The summed E-state index contributed by atoms with van der Waals surface area (Å²) in [7, 11) is 0. The van der Waals surface area contributed by atoms with Crippen molar-refractivity contribution in [2.24, 2.45) is 5.92 Å². The van der Waals surface area contributed by atoms with Crippen molar-refractivity contribution in [1.29, 1.82) is 0 Å². The largest absolute Gasteiger partial charge is 0.395 e. The van der Waals surface area contributed by atoms with Crippen LogP contribution < -0.4 is 0 Å². The summed E-state index contributed by atoms with van der Waals surface area (Å²) < 4.78 is 0. The molecule has 1 N–H and O–H groups in total. The molecule has 1 saturated heterocycles. The lowest BCUT2D eigenvalue weighted by molar-refractivity contribution is -0.147. The average Bonchev–Trinajstić information content (AvgIpc) is 2.28. The second-order valence-corrected chi connectivity index (χ2v) is 4.38. The van der Waals surface area contributed by atoms with Crippen molar-refractivity contribution in [1.82, 2.24) is 9.80 Å². The zero-order valence-electron chi connectivity index (χ0n) is 9.98. The Morgan fingerprint density at radius 1 is 1.19 bits per heavy atom. The average molecular weight is 228 g/mol. The Morgan fingerprint density at radius 2 is 1.75 bits per heavy atom. The van der Waals surface area contributed by atoms with Crippen LogP contribution in [0.2, 0.25) is 0 Å². The van der Waals surface area contributed by atoms with Gasteiger partial charge in [-0.05, 0) is 0 Å². The molecule has 92 valence electrons. The summed E-state index contributed by atoms with van der Waals surface area (Å²) in [6, 6.07) is 0. The van der Waals surface area contributed by atoms with Gasteiger partial charge in [0.1, 0.15) is 0 Å². The fourth-order valence-electron chi connectivity index (χ4n) is 1.72. The lowest BCUT2D eigenvalue weighted by Crippen LogP contribution is -2.51. The van der Waals surface area contributed by atoms with Crippen molar-refractivity contribution in [3.05, 3.63) is 0 Å². The molecule has 1 aliphatic rings. The monoisotopic (exact) mass is 228 g/mol. The van der Waals surface area contributed by atoms with E-state index in [4.69, 9.17) is 5.11 Å². The van der Waals surface area contributed by atoms with Crippen molar-refractivity contribution in [2.45, 2.75) is 13.8 Å². The summed E-state index contributed by atoms with van der Waals surface area (Å²) in [6.07, 6.45) is 0. The lowest BCUT2D eigenvalue weighted by Gasteiger charge is -2.34. The molecule has 1 rings (SSSR count). The number of aliphatic hydroxyl groups is 1. The van der Waals surface area contributed by atoms with Gasteiger partial charge in [-0.2, -0.15) is 0 Å². The molecule has 0 aromatic rings. The number of amides is 1. The zero-order valence-corrected chi connectivity index (χ0v) is 9.98. The van der Waals surface area contributed by atoms with Crippen LogP contribution in [0, 0.1) is 5.92 Å². The number of β-amino-alcohol motifs (C(OH)–C–C–N with tert-alkyl or cyclic N) is 1. The first-order chi connectivity index (χ1) is 7.56. The Kier molecular flexibility index (Phi) is 4.89. The van der Waals surface area contributed by atoms with Gasteiger partial charge in [0.2, 0.25) is 5.78 Å². The van der Waals surface area contributed by atoms with Crippen LogP contribution >= 0.6 is 0 Å². The molecule has 0 atom stereocenters. The van der Waals surface area contributed by atoms with Crippen LogP contribution in [0.1, 0.15) is 13.8 Å². The fourth-order valence-corrected chi connectivity index (χ4v) is 1.72. The van der Waals surface area contributed by atoms with E-state index < -0.39 is 0 Å². The predicted molar refractivity (Wildman–Crippen MR) is 60.0 cm³/mol. The summed E-state index contributed by atoms with van der Waals surface area (Å²) in [5.41, 5.74) is 0. The highest BCUT2D eigenvalue weighted by Crippen LogP contribution is 2.05. The van der Waals surface area contributed by atoms with Gasteiger partial charge in [0.15, 0.2) is 0 Å². The quantitative estimate of drug-likeness (QED) is 0.649. The van der Waals surface area contributed by atoms with E-state index in [1.54, 1.807) is 18.7 Å². The minimum Gasteiger partial charge on any atom is -0.395 e. The van der Waals surface area contributed by atoms with Crippen molar-refractivity contribution >= 4 is 11.7 Å². The van der Waals surface area contributed by atoms with E-state index in [9.17, 15) is 9.59 Å². The third-order valence-corrected chi connectivity index (χ3v) is 2.81. The first-order valence-electron chi connectivity index (χ1n) is 5.72. The van der Waals surface area contributed by atoms with E-state index in [1.165, 1.54) is 0 Å². The minimum atomic E-state index is -0.362. The maximum Gasteiger partial charge on any atom is 0.290 e. The molecular weight excluding hydrogens is 208 g/mol.